The molecular weight excluding hydrogens is 369 g/mol. The van der Waals surface area contributed by atoms with Crippen LogP contribution in [0.1, 0.15) is 36.0 Å². The van der Waals surface area contributed by atoms with Crippen molar-refractivity contribution in [1.29, 1.82) is 0 Å². The number of hydrogen-bond donors (Lipinski definition) is 1. The molecule has 2 rings (SSSR count). The summed E-state index contributed by atoms with van der Waals surface area (Å²) in [5.74, 6) is 1.10. The number of hydrogen-bond acceptors (Lipinski definition) is 2. The first-order valence-corrected chi connectivity index (χ1v) is 9.10. The van der Waals surface area contributed by atoms with E-state index in [1.165, 1.54) is 37.0 Å². The summed E-state index contributed by atoms with van der Waals surface area (Å²) in [6.45, 7) is 0.721. The zero-order chi connectivity index (χ0) is 13.8. The lowest BCUT2D eigenvalue weighted by atomic mass is 9.80. The Kier molecular flexibility index (Phi) is 6.00. The maximum Gasteiger partial charge on any atom is 0.253 e. The summed E-state index contributed by atoms with van der Waals surface area (Å²) in [6, 6.07) is 1.63. The van der Waals surface area contributed by atoms with Crippen LogP contribution in [0.5, 0.6) is 0 Å². The number of carbonyl (C=O) groups is 1. The van der Waals surface area contributed by atoms with Gasteiger partial charge in [-0.05, 0) is 30.7 Å². The summed E-state index contributed by atoms with van der Waals surface area (Å²) in [6.07, 6.45) is 4.99. The van der Waals surface area contributed by atoms with Gasteiger partial charge in [0.1, 0.15) is 4.34 Å². The molecule has 6 heteroatoms. The number of halogens is 3. The van der Waals surface area contributed by atoms with Gasteiger partial charge in [0.15, 0.2) is 0 Å². The van der Waals surface area contributed by atoms with Crippen molar-refractivity contribution in [3.63, 3.8) is 0 Å². The van der Waals surface area contributed by atoms with Crippen LogP contribution in [0.25, 0.3) is 0 Å². The molecule has 1 heterocycles. The fraction of sp³-hybridized carbons (Fsp3) is 0.615. The molecule has 19 heavy (non-hydrogen) atoms. The van der Waals surface area contributed by atoms with Crippen LogP contribution in [0, 0.1) is 11.8 Å². The highest BCUT2D eigenvalue weighted by atomic mass is 79.9. The number of rotatable bonds is 4. The van der Waals surface area contributed by atoms with Crippen LogP contribution in [-0.4, -0.2) is 17.8 Å². The molecule has 2 unspecified atom stereocenters. The number of carbonyl (C=O) groups excluding carboxylic acids is 1. The van der Waals surface area contributed by atoms with Gasteiger partial charge in [0.05, 0.1) is 9.90 Å². The van der Waals surface area contributed by atoms with Crippen LogP contribution in [0.2, 0.25) is 8.67 Å². The van der Waals surface area contributed by atoms with Crippen molar-refractivity contribution in [2.24, 2.45) is 11.8 Å². The van der Waals surface area contributed by atoms with Gasteiger partial charge in [-0.3, -0.25) is 4.79 Å². The average Bonchev–Trinajstić information content (AvgIpc) is 2.75. The first-order valence-electron chi connectivity index (χ1n) is 6.40. The quantitative estimate of drug-likeness (QED) is 0.728. The molecule has 0 radical (unpaired) electrons. The van der Waals surface area contributed by atoms with Gasteiger partial charge in [-0.25, -0.2) is 0 Å². The van der Waals surface area contributed by atoms with E-state index in [0.29, 0.717) is 26.1 Å². The van der Waals surface area contributed by atoms with Gasteiger partial charge in [0.2, 0.25) is 0 Å². The average molecular weight is 385 g/mol. The maximum atomic E-state index is 12.1. The lowest BCUT2D eigenvalue weighted by Crippen LogP contribution is -2.34. The molecule has 0 spiro atoms. The van der Waals surface area contributed by atoms with Gasteiger partial charge in [-0.1, -0.05) is 52.0 Å². The minimum absolute atomic E-state index is 0.118. The van der Waals surface area contributed by atoms with E-state index in [-0.39, 0.29) is 5.91 Å². The van der Waals surface area contributed by atoms with Gasteiger partial charge >= 0.3 is 0 Å². The Morgan fingerprint density at radius 1 is 1.37 bits per heavy atom. The lowest BCUT2D eigenvalue weighted by molar-refractivity contribution is 0.0937. The Bertz CT molecular complexity index is 452. The number of alkyl halides is 1. The summed E-state index contributed by atoms with van der Waals surface area (Å²) in [4.78, 5) is 12.1. The second-order valence-corrected chi connectivity index (χ2v) is 7.84. The van der Waals surface area contributed by atoms with Crippen molar-refractivity contribution in [2.45, 2.75) is 25.7 Å². The standard InChI is InChI=1S/C13H16BrCl2NOS/c14-6-8-3-1-2-4-9(8)7-17-13(18)10-5-11(15)19-12(10)16/h5,8-9H,1-4,6-7H2,(H,17,18). The van der Waals surface area contributed by atoms with Gasteiger partial charge in [0.25, 0.3) is 5.91 Å². The van der Waals surface area contributed by atoms with Crippen molar-refractivity contribution in [3.05, 3.63) is 20.3 Å². The second-order valence-electron chi connectivity index (χ2n) is 4.91. The Morgan fingerprint density at radius 2 is 2.05 bits per heavy atom. The Morgan fingerprint density at radius 3 is 2.63 bits per heavy atom. The van der Waals surface area contributed by atoms with Gasteiger partial charge < -0.3 is 5.32 Å². The van der Waals surface area contributed by atoms with Crippen LogP contribution in [0.15, 0.2) is 6.07 Å². The molecule has 1 amide bonds. The van der Waals surface area contributed by atoms with Gasteiger partial charge in [0, 0.05) is 11.9 Å². The molecule has 1 aromatic rings. The van der Waals surface area contributed by atoms with Crippen LogP contribution in [0.3, 0.4) is 0 Å². The Hall–Kier alpha value is 0.230. The highest BCUT2D eigenvalue weighted by Gasteiger charge is 2.25. The third kappa shape index (κ3) is 4.10. The van der Waals surface area contributed by atoms with Crippen molar-refractivity contribution >= 4 is 56.4 Å². The topological polar surface area (TPSA) is 29.1 Å². The molecule has 2 nitrogen and oxygen atoms in total. The highest BCUT2D eigenvalue weighted by Crippen LogP contribution is 2.32. The summed E-state index contributed by atoms with van der Waals surface area (Å²) in [5.41, 5.74) is 0.489. The van der Waals surface area contributed by atoms with Crippen LogP contribution in [0.4, 0.5) is 0 Å². The van der Waals surface area contributed by atoms with E-state index < -0.39 is 0 Å². The largest absolute Gasteiger partial charge is 0.352 e. The molecule has 0 aliphatic heterocycles. The molecule has 1 fully saturated rings. The molecule has 106 valence electrons. The predicted octanol–water partition coefficient (Wildman–Crippen LogP) is 4.99. The summed E-state index contributed by atoms with van der Waals surface area (Å²) in [7, 11) is 0. The maximum absolute atomic E-state index is 12.1. The third-order valence-corrected chi connectivity index (χ3v) is 6.01. The molecule has 0 aromatic carbocycles. The minimum atomic E-state index is -0.118. The van der Waals surface area contributed by atoms with E-state index in [1.54, 1.807) is 6.07 Å². The molecule has 1 N–H and O–H groups in total. The summed E-state index contributed by atoms with van der Waals surface area (Å²) in [5, 5.41) is 4.00. The molecular formula is C13H16BrCl2NOS. The molecule has 0 bridgehead atoms. The van der Waals surface area contributed by atoms with E-state index in [0.717, 1.165) is 11.9 Å². The van der Waals surface area contributed by atoms with Crippen molar-refractivity contribution < 1.29 is 4.79 Å². The predicted molar refractivity (Wildman–Crippen MR) is 85.9 cm³/mol. The fourth-order valence-corrected chi connectivity index (χ4v) is 4.88. The van der Waals surface area contributed by atoms with Crippen molar-refractivity contribution in [2.75, 3.05) is 11.9 Å². The monoisotopic (exact) mass is 383 g/mol. The zero-order valence-electron chi connectivity index (χ0n) is 10.4. The summed E-state index contributed by atoms with van der Waals surface area (Å²) < 4.78 is 1.01. The van der Waals surface area contributed by atoms with Crippen LogP contribution < -0.4 is 5.32 Å². The molecule has 1 aliphatic rings. The van der Waals surface area contributed by atoms with Crippen molar-refractivity contribution in [3.8, 4) is 0 Å². The highest BCUT2D eigenvalue weighted by molar-refractivity contribution is 9.09. The van der Waals surface area contributed by atoms with E-state index in [2.05, 4.69) is 21.2 Å². The van der Waals surface area contributed by atoms with Crippen LogP contribution >= 0.6 is 50.5 Å². The minimum Gasteiger partial charge on any atom is -0.352 e. The number of nitrogens with one attached hydrogen (secondary N) is 1. The van der Waals surface area contributed by atoms with E-state index in [4.69, 9.17) is 23.2 Å². The molecule has 2 atom stereocenters. The second kappa shape index (κ2) is 7.30. The SMILES string of the molecule is O=C(NCC1CCCCC1CBr)c1cc(Cl)sc1Cl. The lowest BCUT2D eigenvalue weighted by Gasteiger charge is -2.30. The number of thiophene rings is 1. The van der Waals surface area contributed by atoms with Gasteiger partial charge in [-0.15, -0.1) is 11.3 Å². The normalized spacial score (nSPS) is 23.3. The molecule has 1 aliphatic carbocycles. The summed E-state index contributed by atoms with van der Waals surface area (Å²) >= 11 is 16.6. The van der Waals surface area contributed by atoms with Gasteiger partial charge in [-0.2, -0.15) is 0 Å². The molecule has 1 aromatic heterocycles. The Labute approximate surface area is 136 Å². The molecule has 0 saturated heterocycles. The fourth-order valence-electron chi connectivity index (χ4n) is 2.57. The third-order valence-electron chi connectivity index (χ3n) is 3.69. The smallest absolute Gasteiger partial charge is 0.253 e. The molecule has 1 saturated carbocycles. The zero-order valence-corrected chi connectivity index (χ0v) is 14.3. The van der Waals surface area contributed by atoms with E-state index >= 15 is 0 Å². The number of amides is 1. The van der Waals surface area contributed by atoms with E-state index in [9.17, 15) is 4.79 Å². The van der Waals surface area contributed by atoms with Crippen molar-refractivity contribution in [1.82, 2.24) is 5.32 Å². The van der Waals surface area contributed by atoms with E-state index in [1.807, 2.05) is 0 Å². The first kappa shape index (κ1) is 15.6. The Balaban J connectivity index is 1.91. The first-order chi connectivity index (χ1) is 9.11. The van der Waals surface area contributed by atoms with Crippen LogP contribution in [-0.2, 0) is 0 Å².